The molecule has 1 saturated heterocycles. The topological polar surface area (TPSA) is 68.4 Å². The Morgan fingerprint density at radius 2 is 2.33 bits per heavy atom. The molecule has 5 heteroatoms. The highest BCUT2D eigenvalue weighted by Gasteiger charge is 2.20. The van der Waals surface area contributed by atoms with Crippen LogP contribution in [-0.2, 0) is 4.74 Å². The van der Waals surface area contributed by atoms with Gasteiger partial charge >= 0.3 is 0 Å². The van der Waals surface area contributed by atoms with Gasteiger partial charge in [-0.3, -0.25) is 0 Å². The Kier molecular flexibility index (Phi) is 3.69. The van der Waals surface area contributed by atoms with Gasteiger partial charge in [0, 0.05) is 24.5 Å². The van der Waals surface area contributed by atoms with Crippen molar-refractivity contribution < 1.29 is 9.84 Å². The van der Waals surface area contributed by atoms with Crippen LogP contribution in [0.2, 0.25) is 0 Å². The van der Waals surface area contributed by atoms with Gasteiger partial charge in [-0.05, 0) is 12.8 Å². The monoisotopic (exact) mass is 228 g/mol. The second kappa shape index (κ2) is 5.03. The first-order valence-corrected chi connectivity index (χ1v) is 6.08. The van der Waals surface area contributed by atoms with Gasteiger partial charge in [0.05, 0.1) is 23.4 Å². The van der Waals surface area contributed by atoms with Crippen LogP contribution < -0.4 is 5.73 Å². The first kappa shape index (κ1) is 11.0. The van der Waals surface area contributed by atoms with Gasteiger partial charge in [0.1, 0.15) is 0 Å². The lowest BCUT2D eigenvalue weighted by Gasteiger charge is -2.19. The van der Waals surface area contributed by atoms with Crippen LogP contribution in [-0.4, -0.2) is 29.9 Å². The van der Waals surface area contributed by atoms with E-state index >= 15 is 0 Å². The summed E-state index contributed by atoms with van der Waals surface area (Å²) in [6, 6.07) is -0.338. The Hall–Kier alpha value is -0.490. The lowest BCUT2D eigenvalue weighted by Crippen LogP contribution is -2.16. The van der Waals surface area contributed by atoms with Crippen molar-refractivity contribution in [1.82, 2.24) is 4.98 Å². The SMILES string of the molecule is NC(CO)c1csc(C2CCOCC2)n1. The molecule has 1 aliphatic heterocycles. The van der Waals surface area contributed by atoms with Gasteiger partial charge in [-0.25, -0.2) is 4.98 Å². The molecule has 1 aromatic heterocycles. The molecule has 0 spiro atoms. The standard InChI is InChI=1S/C10H16N2O2S/c11-8(5-13)9-6-15-10(12-9)7-1-3-14-4-2-7/h6-8,13H,1-5,11H2. The van der Waals surface area contributed by atoms with Crippen LogP contribution in [0, 0.1) is 0 Å². The summed E-state index contributed by atoms with van der Waals surface area (Å²) in [6.45, 7) is 1.61. The molecule has 0 aliphatic carbocycles. The molecule has 2 heterocycles. The number of nitrogens with zero attached hydrogens (tertiary/aromatic N) is 1. The second-order valence-corrected chi connectivity index (χ2v) is 4.68. The number of ether oxygens (including phenoxy) is 1. The first-order chi connectivity index (χ1) is 7.31. The number of thiazole rings is 1. The number of hydrogen-bond donors (Lipinski definition) is 2. The van der Waals surface area contributed by atoms with Gasteiger partial charge in [-0.1, -0.05) is 0 Å². The van der Waals surface area contributed by atoms with E-state index in [0.717, 1.165) is 36.8 Å². The maximum absolute atomic E-state index is 8.93. The number of aromatic nitrogens is 1. The first-order valence-electron chi connectivity index (χ1n) is 5.20. The third kappa shape index (κ3) is 2.55. The summed E-state index contributed by atoms with van der Waals surface area (Å²) in [5, 5.41) is 12.0. The van der Waals surface area contributed by atoms with E-state index in [4.69, 9.17) is 15.6 Å². The molecular weight excluding hydrogens is 212 g/mol. The largest absolute Gasteiger partial charge is 0.394 e. The quantitative estimate of drug-likeness (QED) is 0.810. The minimum absolute atomic E-state index is 0.0447. The Morgan fingerprint density at radius 1 is 1.60 bits per heavy atom. The fourth-order valence-electron chi connectivity index (χ4n) is 1.70. The normalized spacial score (nSPS) is 20.4. The summed E-state index contributed by atoms with van der Waals surface area (Å²) >= 11 is 1.64. The number of hydrogen-bond acceptors (Lipinski definition) is 5. The molecule has 0 amide bonds. The number of rotatable bonds is 3. The van der Waals surface area contributed by atoms with Crippen molar-refractivity contribution in [3.63, 3.8) is 0 Å². The average Bonchev–Trinajstić information content (AvgIpc) is 2.78. The lowest BCUT2D eigenvalue weighted by atomic mass is 10.0. The molecule has 1 aliphatic rings. The Bertz CT molecular complexity index is 310. The van der Waals surface area contributed by atoms with Crippen LogP contribution in [0.1, 0.15) is 35.5 Å². The number of aliphatic hydroxyl groups is 1. The van der Waals surface area contributed by atoms with E-state index in [1.807, 2.05) is 5.38 Å². The summed E-state index contributed by atoms with van der Waals surface area (Å²) in [4.78, 5) is 4.48. The molecule has 15 heavy (non-hydrogen) atoms. The van der Waals surface area contributed by atoms with Crippen molar-refractivity contribution in [2.24, 2.45) is 5.73 Å². The fourth-order valence-corrected chi connectivity index (χ4v) is 2.75. The second-order valence-electron chi connectivity index (χ2n) is 3.79. The summed E-state index contributed by atoms with van der Waals surface area (Å²) in [5.74, 6) is 0.517. The molecule has 2 rings (SSSR count). The lowest BCUT2D eigenvalue weighted by molar-refractivity contribution is 0.0852. The highest BCUT2D eigenvalue weighted by molar-refractivity contribution is 7.09. The zero-order chi connectivity index (χ0) is 10.7. The third-order valence-electron chi connectivity index (χ3n) is 2.69. The van der Waals surface area contributed by atoms with Crippen molar-refractivity contribution >= 4 is 11.3 Å². The molecule has 0 radical (unpaired) electrons. The summed E-state index contributed by atoms with van der Waals surface area (Å²) in [5.41, 5.74) is 6.52. The van der Waals surface area contributed by atoms with E-state index in [9.17, 15) is 0 Å². The molecule has 84 valence electrons. The zero-order valence-electron chi connectivity index (χ0n) is 8.56. The number of nitrogens with two attached hydrogens (primary N) is 1. The van der Waals surface area contributed by atoms with E-state index in [-0.39, 0.29) is 12.6 Å². The van der Waals surface area contributed by atoms with Crippen LogP contribution in [0.4, 0.5) is 0 Å². The van der Waals surface area contributed by atoms with Gasteiger partial charge in [-0.2, -0.15) is 0 Å². The van der Waals surface area contributed by atoms with Gasteiger partial charge in [-0.15, -0.1) is 11.3 Å². The molecule has 0 aromatic carbocycles. The third-order valence-corrected chi connectivity index (χ3v) is 3.71. The summed E-state index contributed by atoms with van der Waals surface area (Å²) < 4.78 is 5.31. The predicted octanol–water partition coefficient (Wildman–Crippen LogP) is 1.03. The number of aliphatic hydroxyl groups excluding tert-OH is 1. The minimum Gasteiger partial charge on any atom is -0.394 e. The average molecular weight is 228 g/mol. The molecule has 1 atom stereocenters. The van der Waals surface area contributed by atoms with E-state index in [1.54, 1.807) is 11.3 Å². The molecule has 0 saturated carbocycles. The Balaban J connectivity index is 2.05. The molecule has 0 bridgehead atoms. The van der Waals surface area contributed by atoms with Crippen molar-refractivity contribution in [2.45, 2.75) is 24.8 Å². The van der Waals surface area contributed by atoms with Gasteiger partial charge < -0.3 is 15.6 Å². The zero-order valence-corrected chi connectivity index (χ0v) is 9.37. The van der Waals surface area contributed by atoms with E-state index in [1.165, 1.54) is 0 Å². The van der Waals surface area contributed by atoms with Gasteiger partial charge in [0.25, 0.3) is 0 Å². The Labute approximate surface area is 93.1 Å². The molecule has 1 aromatic rings. The van der Waals surface area contributed by atoms with Crippen molar-refractivity contribution in [1.29, 1.82) is 0 Å². The van der Waals surface area contributed by atoms with E-state index < -0.39 is 0 Å². The van der Waals surface area contributed by atoms with Crippen molar-refractivity contribution in [2.75, 3.05) is 19.8 Å². The molecule has 1 unspecified atom stereocenters. The van der Waals surface area contributed by atoms with Crippen molar-refractivity contribution in [3.05, 3.63) is 16.1 Å². The molecule has 1 fully saturated rings. The molecule has 4 nitrogen and oxygen atoms in total. The Morgan fingerprint density at radius 3 is 3.00 bits per heavy atom. The maximum atomic E-state index is 8.93. The highest BCUT2D eigenvalue weighted by Crippen LogP contribution is 2.30. The van der Waals surface area contributed by atoms with E-state index in [0.29, 0.717) is 5.92 Å². The van der Waals surface area contributed by atoms with Crippen LogP contribution >= 0.6 is 11.3 Å². The van der Waals surface area contributed by atoms with Crippen LogP contribution in [0.3, 0.4) is 0 Å². The van der Waals surface area contributed by atoms with Crippen LogP contribution in [0.5, 0.6) is 0 Å². The highest BCUT2D eigenvalue weighted by atomic mass is 32.1. The summed E-state index contributed by atoms with van der Waals surface area (Å²) in [7, 11) is 0. The molecular formula is C10H16N2O2S. The van der Waals surface area contributed by atoms with E-state index in [2.05, 4.69) is 4.98 Å². The minimum atomic E-state index is -0.338. The van der Waals surface area contributed by atoms with Gasteiger partial charge in [0.2, 0.25) is 0 Å². The van der Waals surface area contributed by atoms with Crippen LogP contribution in [0.15, 0.2) is 5.38 Å². The smallest absolute Gasteiger partial charge is 0.0961 e. The van der Waals surface area contributed by atoms with Gasteiger partial charge in [0.15, 0.2) is 0 Å². The summed E-state index contributed by atoms with van der Waals surface area (Å²) in [6.07, 6.45) is 2.09. The fraction of sp³-hybridized carbons (Fsp3) is 0.700. The molecule has 3 N–H and O–H groups in total. The maximum Gasteiger partial charge on any atom is 0.0961 e. The van der Waals surface area contributed by atoms with Crippen LogP contribution in [0.25, 0.3) is 0 Å². The predicted molar refractivity (Wildman–Crippen MR) is 58.9 cm³/mol. The van der Waals surface area contributed by atoms with Crippen molar-refractivity contribution in [3.8, 4) is 0 Å².